The fraction of sp³-hybridized carbons (Fsp3) is 0.692. The van der Waals surface area contributed by atoms with Gasteiger partial charge in [-0.25, -0.2) is 0 Å². The average molecular weight is 237 g/mol. The SMILES string of the molecule is CC(C)[C@H](CO)N1C(=O)[C@H]2CC=CC[C@H]2C1=O. The number of carbonyl (C=O) groups excluding carboxylic acids is 2. The van der Waals surface area contributed by atoms with Crippen molar-refractivity contribution in [1.82, 2.24) is 4.90 Å². The van der Waals surface area contributed by atoms with E-state index in [-0.39, 0.29) is 42.2 Å². The van der Waals surface area contributed by atoms with Crippen LogP contribution in [-0.2, 0) is 9.59 Å². The Hall–Kier alpha value is -1.16. The van der Waals surface area contributed by atoms with Crippen molar-refractivity contribution in [3.05, 3.63) is 12.2 Å². The third kappa shape index (κ3) is 1.90. The molecule has 1 N–H and O–H groups in total. The molecule has 17 heavy (non-hydrogen) atoms. The molecule has 0 bridgehead atoms. The maximum Gasteiger partial charge on any atom is 0.233 e. The molecule has 94 valence electrons. The molecule has 1 aliphatic heterocycles. The molecule has 3 atom stereocenters. The molecule has 1 aliphatic carbocycles. The highest BCUT2D eigenvalue weighted by molar-refractivity contribution is 6.05. The molecule has 0 spiro atoms. The minimum atomic E-state index is -0.374. The Labute approximate surface area is 101 Å². The van der Waals surface area contributed by atoms with Crippen molar-refractivity contribution >= 4 is 11.8 Å². The molecule has 2 amide bonds. The lowest BCUT2D eigenvalue weighted by molar-refractivity contribution is -0.145. The van der Waals surface area contributed by atoms with Gasteiger partial charge in [-0.1, -0.05) is 26.0 Å². The highest BCUT2D eigenvalue weighted by Crippen LogP contribution is 2.36. The van der Waals surface area contributed by atoms with E-state index in [1.54, 1.807) is 0 Å². The van der Waals surface area contributed by atoms with Gasteiger partial charge in [0.25, 0.3) is 0 Å². The van der Waals surface area contributed by atoms with E-state index in [1.165, 1.54) is 4.90 Å². The van der Waals surface area contributed by atoms with Crippen molar-refractivity contribution in [3.8, 4) is 0 Å². The van der Waals surface area contributed by atoms with Crippen molar-refractivity contribution in [2.45, 2.75) is 32.7 Å². The molecule has 0 aromatic carbocycles. The van der Waals surface area contributed by atoms with E-state index in [2.05, 4.69) is 0 Å². The van der Waals surface area contributed by atoms with Gasteiger partial charge in [-0.3, -0.25) is 14.5 Å². The van der Waals surface area contributed by atoms with Crippen LogP contribution >= 0.6 is 0 Å². The molecule has 0 aromatic rings. The number of amides is 2. The first-order valence-corrected chi connectivity index (χ1v) is 6.20. The number of fused-ring (bicyclic) bond motifs is 1. The Bertz CT molecular complexity index is 336. The largest absolute Gasteiger partial charge is 0.394 e. The first-order valence-electron chi connectivity index (χ1n) is 6.20. The maximum absolute atomic E-state index is 12.2. The number of hydrogen-bond acceptors (Lipinski definition) is 3. The predicted octanol–water partition coefficient (Wildman–Crippen LogP) is 0.954. The fourth-order valence-corrected chi connectivity index (χ4v) is 2.74. The van der Waals surface area contributed by atoms with Crippen LogP contribution in [0.4, 0.5) is 0 Å². The number of aliphatic hydroxyl groups is 1. The fourth-order valence-electron chi connectivity index (χ4n) is 2.74. The summed E-state index contributed by atoms with van der Waals surface area (Å²) in [6, 6.07) is -0.374. The van der Waals surface area contributed by atoms with E-state index >= 15 is 0 Å². The zero-order valence-corrected chi connectivity index (χ0v) is 10.3. The Morgan fingerprint density at radius 1 is 1.24 bits per heavy atom. The summed E-state index contributed by atoms with van der Waals surface area (Å²) in [5, 5.41) is 9.36. The lowest BCUT2D eigenvalue weighted by atomic mass is 9.85. The van der Waals surface area contributed by atoms with Gasteiger partial charge in [0.15, 0.2) is 0 Å². The number of imide groups is 1. The molecule has 1 heterocycles. The second-order valence-corrected chi connectivity index (χ2v) is 5.20. The number of hydrogen-bond donors (Lipinski definition) is 1. The smallest absolute Gasteiger partial charge is 0.233 e. The molecule has 0 radical (unpaired) electrons. The molecule has 1 saturated heterocycles. The number of aliphatic hydroxyl groups excluding tert-OH is 1. The van der Waals surface area contributed by atoms with Gasteiger partial charge in [0.05, 0.1) is 24.5 Å². The van der Waals surface area contributed by atoms with Gasteiger partial charge in [0, 0.05) is 0 Å². The van der Waals surface area contributed by atoms with Crippen LogP contribution in [0, 0.1) is 17.8 Å². The van der Waals surface area contributed by atoms with E-state index in [0.717, 1.165) is 0 Å². The second-order valence-electron chi connectivity index (χ2n) is 5.20. The molecule has 0 unspecified atom stereocenters. The third-order valence-corrected chi connectivity index (χ3v) is 3.83. The van der Waals surface area contributed by atoms with E-state index in [4.69, 9.17) is 0 Å². The molecule has 4 heteroatoms. The Kier molecular flexibility index (Phi) is 3.33. The summed E-state index contributed by atoms with van der Waals surface area (Å²) in [7, 11) is 0. The van der Waals surface area contributed by atoms with Gasteiger partial charge in [-0.15, -0.1) is 0 Å². The molecule has 4 nitrogen and oxygen atoms in total. The lowest BCUT2D eigenvalue weighted by Crippen LogP contribution is -2.45. The Balaban J connectivity index is 2.25. The predicted molar refractivity (Wildman–Crippen MR) is 62.9 cm³/mol. The van der Waals surface area contributed by atoms with Crippen molar-refractivity contribution in [2.75, 3.05) is 6.61 Å². The molecule has 2 aliphatic rings. The number of rotatable bonds is 3. The zero-order chi connectivity index (χ0) is 12.6. The first kappa shape index (κ1) is 12.3. The number of nitrogens with zero attached hydrogens (tertiary/aromatic N) is 1. The standard InChI is InChI=1S/C13H19NO3/c1-8(2)11(7-15)14-12(16)9-5-3-4-6-10(9)13(14)17/h3-4,8-11,15H,5-7H2,1-2H3/t9-,10+,11-/m0/s1. The minimum Gasteiger partial charge on any atom is -0.394 e. The summed E-state index contributed by atoms with van der Waals surface area (Å²) >= 11 is 0. The highest BCUT2D eigenvalue weighted by atomic mass is 16.3. The van der Waals surface area contributed by atoms with Crippen LogP contribution in [0.1, 0.15) is 26.7 Å². The van der Waals surface area contributed by atoms with Gasteiger partial charge < -0.3 is 5.11 Å². The van der Waals surface area contributed by atoms with Crippen LogP contribution in [-0.4, -0.2) is 34.5 Å². The zero-order valence-electron chi connectivity index (χ0n) is 10.3. The summed E-state index contributed by atoms with van der Waals surface area (Å²) < 4.78 is 0. The Morgan fingerprint density at radius 2 is 1.71 bits per heavy atom. The normalized spacial score (nSPS) is 30.0. The quantitative estimate of drug-likeness (QED) is 0.587. The maximum atomic E-state index is 12.2. The van der Waals surface area contributed by atoms with E-state index in [0.29, 0.717) is 12.8 Å². The van der Waals surface area contributed by atoms with Crippen LogP contribution in [0.3, 0.4) is 0 Å². The topological polar surface area (TPSA) is 57.6 Å². The van der Waals surface area contributed by atoms with Crippen molar-refractivity contribution in [2.24, 2.45) is 17.8 Å². The van der Waals surface area contributed by atoms with Crippen LogP contribution in [0.2, 0.25) is 0 Å². The van der Waals surface area contributed by atoms with Crippen molar-refractivity contribution < 1.29 is 14.7 Å². The van der Waals surface area contributed by atoms with Crippen LogP contribution in [0.15, 0.2) is 12.2 Å². The second kappa shape index (κ2) is 4.61. The van der Waals surface area contributed by atoms with Gasteiger partial charge >= 0.3 is 0 Å². The third-order valence-electron chi connectivity index (χ3n) is 3.83. The molecule has 1 fully saturated rings. The van der Waals surface area contributed by atoms with Crippen LogP contribution in [0.5, 0.6) is 0 Å². The average Bonchev–Trinajstić information content (AvgIpc) is 2.56. The molecular weight excluding hydrogens is 218 g/mol. The monoisotopic (exact) mass is 237 g/mol. The summed E-state index contributed by atoms with van der Waals surface area (Å²) in [6.45, 7) is 3.69. The lowest BCUT2D eigenvalue weighted by Gasteiger charge is -2.28. The van der Waals surface area contributed by atoms with Crippen molar-refractivity contribution in [3.63, 3.8) is 0 Å². The van der Waals surface area contributed by atoms with E-state index in [9.17, 15) is 14.7 Å². The highest BCUT2D eigenvalue weighted by Gasteiger charge is 2.49. The van der Waals surface area contributed by atoms with Crippen LogP contribution in [0.25, 0.3) is 0 Å². The number of likely N-dealkylation sites (tertiary alicyclic amines) is 1. The summed E-state index contributed by atoms with van der Waals surface area (Å²) in [5.74, 6) is -0.504. The van der Waals surface area contributed by atoms with Gasteiger partial charge in [-0.2, -0.15) is 0 Å². The van der Waals surface area contributed by atoms with E-state index in [1.807, 2.05) is 26.0 Å². The number of carbonyl (C=O) groups is 2. The Morgan fingerprint density at radius 3 is 2.06 bits per heavy atom. The summed E-state index contributed by atoms with van der Waals surface area (Å²) in [6.07, 6.45) is 5.25. The van der Waals surface area contributed by atoms with Crippen molar-refractivity contribution in [1.29, 1.82) is 0 Å². The number of allylic oxidation sites excluding steroid dienone is 2. The first-order chi connectivity index (χ1) is 8.07. The van der Waals surface area contributed by atoms with Crippen LogP contribution < -0.4 is 0 Å². The molecular formula is C13H19NO3. The van der Waals surface area contributed by atoms with Gasteiger partial charge in [-0.05, 0) is 18.8 Å². The molecule has 0 aromatic heterocycles. The minimum absolute atomic E-state index is 0.0843. The summed E-state index contributed by atoms with van der Waals surface area (Å²) in [5.41, 5.74) is 0. The van der Waals surface area contributed by atoms with Gasteiger partial charge in [0.2, 0.25) is 11.8 Å². The summed E-state index contributed by atoms with van der Waals surface area (Å²) in [4.78, 5) is 25.7. The molecule has 2 rings (SSSR count). The van der Waals surface area contributed by atoms with E-state index < -0.39 is 0 Å². The van der Waals surface area contributed by atoms with Gasteiger partial charge in [0.1, 0.15) is 0 Å². The molecule has 0 saturated carbocycles.